The summed E-state index contributed by atoms with van der Waals surface area (Å²) >= 11 is 0. The average molecular weight is 241 g/mol. The molecule has 0 radical (unpaired) electrons. The second-order valence-electron chi connectivity index (χ2n) is 3.38. The molecule has 0 aliphatic carbocycles. The van der Waals surface area contributed by atoms with Gasteiger partial charge in [-0.1, -0.05) is 13.8 Å². The van der Waals surface area contributed by atoms with Crippen molar-refractivity contribution in [3.8, 4) is 0 Å². The van der Waals surface area contributed by atoms with Crippen molar-refractivity contribution in [2.24, 2.45) is 13.0 Å². The molecule has 0 spiro atoms. The molecule has 0 atom stereocenters. The average Bonchev–Trinajstić information content (AvgIpc) is 2.26. The Bertz CT molecular complexity index is 260. The minimum Gasteiger partial charge on any atom is -0.394 e. The van der Waals surface area contributed by atoms with Gasteiger partial charge >= 0.3 is 0 Å². The summed E-state index contributed by atoms with van der Waals surface area (Å²) in [5.41, 5.74) is 6.39. The molecule has 0 bridgehead atoms. The summed E-state index contributed by atoms with van der Waals surface area (Å²) in [5.74, 6) is 1.39. The summed E-state index contributed by atoms with van der Waals surface area (Å²) < 4.78 is 1.71. The van der Waals surface area contributed by atoms with Crippen LogP contribution in [-0.2, 0) is 7.05 Å². The maximum atomic E-state index is 5.68. The first-order valence-corrected chi connectivity index (χ1v) is 4.12. The molecule has 0 saturated carbocycles. The van der Waals surface area contributed by atoms with Crippen LogP contribution in [0, 0.1) is 5.92 Å². The van der Waals surface area contributed by atoms with Gasteiger partial charge in [-0.05, 0) is 5.92 Å². The van der Waals surface area contributed by atoms with Gasteiger partial charge in [0, 0.05) is 19.8 Å². The van der Waals surface area contributed by atoms with Crippen molar-refractivity contribution in [3.63, 3.8) is 0 Å². The molecule has 0 unspecified atom stereocenters. The molecule has 1 rings (SSSR count). The second-order valence-corrected chi connectivity index (χ2v) is 3.38. The fourth-order valence-electron chi connectivity index (χ4n) is 0.945. The van der Waals surface area contributed by atoms with Gasteiger partial charge in [0.1, 0.15) is 0 Å². The maximum absolute atomic E-state index is 5.68. The Kier molecular flexibility index (Phi) is 7.68. The molecule has 1 heterocycles. The van der Waals surface area contributed by atoms with E-state index in [1.807, 2.05) is 7.05 Å². The van der Waals surface area contributed by atoms with Gasteiger partial charge in [0.15, 0.2) is 5.82 Å². The zero-order chi connectivity index (χ0) is 9.14. The minimum absolute atomic E-state index is 0. The molecule has 0 saturated heterocycles. The summed E-state index contributed by atoms with van der Waals surface area (Å²) in [6.45, 7) is 5.19. The van der Waals surface area contributed by atoms with Crippen molar-refractivity contribution in [2.45, 2.75) is 13.8 Å². The van der Waals surface area contributed by atoms with Crippen molar-refractivity contribution in [2.75, 3.05) is 17.6 Å². The largest absolute Gasteiger partial charge is 0.394 e. The maximum Gasteiger partial charge on any atom is 0.171 e. The molecule has 4 nitrogen and oxygen atoms in total. The van der Waals surface area contributed by atoms with Crippen LogP contribution >= 0.6 is 24.8 Å². The minimum atomic E-state index is 0. The lowest BCUT2D eigenvalue weighted by atomic mass is 10.2. The highest BCUT2D eigenvalue weighted by Crippen LogP contribution is 2.14. The summed E-state index contributed by atoms with van der Waals surface area (Å²) in [4.78, 5) is 0. The summed E-state index contributed by atoms with van der Waals surface area (Å²) in [6, 6.07) is 0. The van der Waals surface area contributed by atoms with Gasteiger partial charge < -0.3 is 11.1 Å². The Balaban J connectivity index is 0. The van der Waals surface area contributed by atoms with Gasteiger partial charge in [-0.2, -0.15) is 5.10 Å². The molecule has 1 aromatic heterocycles. The molecule has 0 aromatic carbocycles. The van der Waals surface area contributed by atoms with Gasteiger partial charge in [0.25, 0.3) is 0 Å². The summed E-state index contributed by atoms with van der Waals surface area (Å²) in [5, 5.41) is 7.34. The lowest BCUT2D eigenvalue weighted by molar-refractivity contribution is 0.683. The van der Waals surface area contributed by atoms with Crippen LogP contribution in [-0.4, -0.2) is 16.3 Å². The smallest absolute Gasteiger partial charge is 0.171 e. The standard InChI is InChI=1S/C8H16N4.2ClH/c1-6(2)4-10-8-7(9)5-12(3)11-8;;/h5-6H,4,9H2,1-3H3,(H,10,11);2*1H. The number of aromatic nitrogens is 2. The third kappa shape index (κ3) is 4.58. The van der Waals surface area contributed by atoms with E-state index < -0.39 is 0 Å². The number of rotatable bonds is 3. The third-order valence-electron chi connectivity index (χ3n) is 1.53. The first-order chi connectivity index (χ1) is 5.59. The molecule has 1 aromatic rings. The molecular formula is C8H18Cl2N4. The van der Waals surface area contributed by atoms with Crippen LogP contribution in [0.2, 0.25) is 0 Å². The van der Waals surface area contributed by atoms with Crippen LogP contribution in [0.4, 0.5) is 11.5 Å². The highest BCUT2D eigenvalue weighted by molar-refractivity contribution is 5.85. The number of nitrogen functional groups attached to an aromatic ring is 1. The highest BCUT2D eigenvalue weighted by atomic mass is 35.5. The molecule has 0 aliphatic rings. The Morgan fingerprint density at radius 3 is 2.43 bits per heavy atom. The van der Waals surface area contributed by atoms with Crippen molar-refractivity contribution in [3.05, 3.63) is 6.20 Å². The van der Waals surface area contributed by atoms with Crippen LogP contribution in [0.5, 0.6) is 0 Å². The number of nitrogens with two attached hydrogens (primary N) is 1. The third-order valence-corrected chi connectivity index (χ3v) is 1.53. The van der Waals surface area contributed by atoms with E-state index in [2.05, 4.69) is 24.3 Å². The van der Waals surface area contributed by atoms with E-state index in [0.717, 1.165) is 12.4 Å². The van der Waals surface area contributed by atoms with Crippen LogP contribution in [0.25, 0.3) is 0 Å². The second kappa shape index (κ2) is 6.79. The SMILES string of the molecule is CC(C)CNc1nn(C)cc1N.Cl.Cl. The number of nitrogens with zero attached hydrogens (tertiary/aromatic N) is 2. The number of anilines is 2. The van der Waals surface area contributed by atoms with E-state index in [4.69, 9.17) is 5.73 Å². The van der Waals surface area contributed by atoms with Gasteiger partial charge in [0.05, 0.1) is 5.69 Å². The molecule has 14 heavy (non-hydrogen) atoms. The monoisotopic (exact) mass is 240 g/mol. The summed E-state index contributed by atoms with van der Waals surface area (Å²) in [7, 11) is 1.86. The van der Waals surface area contributed by atoms with Gasteiger partial charge in [-0.25, -0.2) is 0 Å². The normalized spacial score (nSPS) is 9.14. The fraction of sp³-hybridized carbons (Fsp3) is 0.625. The predicted molar refractivity (Wildman–Crippen MR) is 65.4 cm³/mol. The number of hydrogen-bond acceptors (Lipinski definition) is 3. The van der Waals surface area contributed by atoms with Gasteiger partial charge in [-0.3, -0.25) is 4.68 Å². The van der Waals surface area contributed by atoms with Crippen LogP contribution in [0.15, 0.2) is 6.20 Å². The lowest BCUT2D eigenvalue weighted by Gasteiger charge is -2.05. The molecule has 0 aliphatic heterocycles. The zero-order valence-corrected chi connectivity index (χ0v) is 10.3. The Hall–Kier alpha value is -0.610. The van der Waals surface area contributed by atoms with E-state index in [1.54, 1.807) is 10.9 Å². The highest BCUT2D eigenvalue weighted by Gasteiger charge is 2.02. The molecule has 0 fully saturated rings. The fourth-order valence-corrected chi connectivity index (χ4v) is 0.945. The summed E-state index contributed by atoms with van der Waals surface area (Å²) in [6.07, 6.45) is 1.79. The van der Waals surface area contributed by atoms with Crippen LogP contribution in [0.3, 0.4) is 0 Å². The topological polar surface area (TPSA) is 55.9 Å². The van der Waals surface area contributed by atoms with Crippen molar-refractivity contribution < 1.29 is 0 Å². The van der Waals surface area contributed by atoms with Gasteiger partial charge in [0.2, 0.25) is 0 Å². The molecule has 3 N–H and O–H groups in total. The van der Waals surface area contributed by atoms with Crippen LogP contribution in [0.1, 0.15) is 13.8 Å². The number of halogens is 2. The molecule has 84 valence electrons. The number of nitrogens with one attached hydrogen (secondary N) is 1. The van der Waals surface area contributed by atoms with Crippen LogP contribution < -0.4 is 11.1 Å². The van der Waals surface area contributed by atoms with Crippen molar-refractivity contribution in [1.29, 1.82) is 0 Å². The van der Waals surface area contributed by atoms with E-state index in [9.17, 15) is 0 Å². The molecular weight excluding hydrogens is 223 g/mol. The Labute approximate surface area is 97.1 Å². The first-order valence-electron chi connectivity index (χ1n) is 4.12. The molecule has 6 heteroatoms. The predicted octanol–water partition coefficient (Wildman–Crippen LogP) is 1.91. The molecule has 0 amide bonds. The Morgan fingerprint density at radius 1 is 1.50 bits per heavy atom. The quantitative estimate of drug-likeness (QED) is 0.849. The van der Waals surface area contributed by atoms with E-state index in [1.165, 1.54) is 0 Å². The number of hydrogen-bond donors (Lipinski definition) is 2. The zero-order valence-electron chi connectivity index (χ0n) is 8.65. The van der Waals surface area contributed by atoms with Crippen molar-refractivity contribution in [1.82, 2.24) is 9.78 Å². The van der Waals surface area contributed by atoms with Gasteiger partial charge in [-0.15, -0.1) is 24.8 Å². The van der Waals surface area contributed by atoms with Crippen molar-refractivity contribution >= 4 is 36.3 Å². The van der Waals surface area contributed by atoms with E-state index in [0.29, 0.717) is 11.6 Å². The van der Waals surface area contributed by atoms with E-state index >= 15 is 0 Å². The Morgan fingerprint density at radius 2 is 2.07 bits per heavy atom. The first kappa shape index (κ1) is 15.8. The number of aryl methyl sites for hydroxylation is 1. The van der Waals surface area contributed by atoms with E-state index in [-0.39, 0.29) is 24.8 Å². The lowest BCUT2D eigenvalue weighted by Crippen LogP contribution is -2.09.